The lowest BCUT2D eigenvalue weighted by Crippen LogP contribution is -2.26. The molecular weight excluding hydrogens is 450 g/mol. The molecule has 144 valence electrons. The summed E-state index contributed by atoms with van der Waals surface area (Å²) in [5.41, 5.74) is 5.49. The van der Waals surface area contributed by atoms with Crippen molar-refractivity contribution in [2.75, 3.05) is 13.2 Å². The molecule has 29 heavy (non-hydrogen) atoms. The summed E-state index contributed by atoms with van der Waals surface area (Å²) in [6.45, 7) is 0.467. The normalized spacial score (nSPS) is 11.8. The van der Waals surface area contributed by atoms with Crippen molar-refractivity contribution in [1.29, 1.82) is 0 Å². The highest BCUT2D eigenvalue weighted by Gasteiger charge is 2.28. The molecule has 3 nitrogen and oxygen atoms in total. The lowest BCUT2D eigenvalue weighted by molar-refractivity contribution is 0.144. The maximum atomic E-state index is 12.1. The molecule has 3 aromatic carbocycles. The van der Waals surface area contributed by atoms with Crippen LogP contribution in [0.15, 0.2) is 71.2 Å². The zero-order valence-electron chi connectivity index (χ0n) is 15.4. The topological polar surface area (TPSA) is 38.3 Å². The van der Waals surface area contributed by atoms with Gasteiger partial charge in [0.15, 0.2) is 0 Å². The van der Waals surface area contributed by atoms with Crippen LogP contribution in [0.1, 0.15) is 22.6 Å². The van der Waals surface area contributed by atoms with Gasteiger partial charge >= 0.3 is 6.09 Å². The highest BCUT2D eigenvalue weighted by atomic mass is 79.9. The minimum atomic E-state index is -0.483. The van der Waals surface area contributed by atoms with E-state index < -0.39 is 6.09 Å². The molecule has 0 unspecified atom stereocenters. The fourth-order valence-corrected chi connectivity index (χ4v) is 4.22. The highest BCUT2D eigenvalue weighted by molar-refractivity contribution is 9.10. The average molecular weight is 467 g/mol. The summed E-state index contributed by atoms with van der Waals surface area (Å²) in [5.74, 6) is 5.88. The Labute approximate surface area is 183 Å². The van der Waals surface area contributed by atoms with Crippen molar-refractivity contribution in [1.82, 2.24) is 5.32 Å². The molecule has 0 saturated heterocycles. The Bertz CT molecular complexity index is 1090. The first-order valence-electron chi connectivity index (χ1n) is 9.16. The van der Waals surface area contributed by atoms with Gasteiger partial charge in [0.05, 0.1) is 11.6 Å². The quantitative estimate of drug-likeness (QED) is 0.481. The number of amides is 1. The van der Waals surface area contributed by atoms with E-state index in [9.17, 15) is 4.79 Å². The van der Waals surface area contributed by atoms with Crippen LogP contribution >= 0.6 is 27.5 Å². The largest absolute Gasteiger partial charge is 0.449 e. The Kier molecular flexibility index (Phi) is 5.89. The van der Waals surface area contributed by atoms with Crippen LogP contribution < -0.4 is 5.32 Å². The second kappa shape index (κ2) is 8.73. The van der Waals surface area contributed by atoms with Crippen molar-refractivity contribution in [2.24, 2.45) is 0 Å². The Morgan fingerprint density at radius 2 is 1.69 bits per heavy atom. The average Bonchev–Trinajstić information content (AvgIpc) is 3.05. The Morgan fingerprint density at radius 3 is 2.34 bits per heavy atom. The standard InChI is InChI=1S/C24H17BrClNO2/c25-17-12-11-16(23(26)14-17)6-5-13-27-24(28)29-15-22-20-9-3-1-7-18(20)19-8-2-4-10-21(19)22/h1-4,7-12,14,22H,13,15H2,(H,27,28). The van der Waals surface area contributed by atoms with Crippen molar-refractivity contribution in [3.8, 4) is 23.0 Å². The minimum Gasteiger partial charge on any atom is -0.449 e. The number of alkyl carbamates (subject to hydrolysis) is 1. The molecule has 1 aliphatic carbocycles. The van der Waals surface area contributed by atoms with E-state index >= 15 is 0 Å². The smallest absolute Gasteiger partial charge is 0.407 e. The minimum absolute atomic E-state index is 0.0424. The molecule has 4 rings (SSSR count). The predicted molar refractivity (Wildman–Crippen MR) is 119 cm³/mol. The molecule has 0 radical (unpaired) electrons. The fourth-order valence-electron chi connectivity index (χ4n) is 3.50. The summed E-state index contributed by atoms with van der Waals surface area (Å²) in [4.78, 5) is 12.1. The first-order valence-corrected chi connectivity index (χ1v) is 10.3. The Morgan fingerprint density at radius 1 is 1.03 bits per heavy atom. The third-order valence-electron chi connectivity index (χ3n) is 4.82. The van der Waals surface area contributed by atoms with Crippen LogP contribution in [-0.4, -0.2) is 19.2 Å². The molecule has 0 aromatic heterocycles. The number of carbonyl (C=O) groups excluding carboxylic acids is 1. The van der Waals surface area contributed by atoms with Crippen LogP contribution in [0.5, 0.6) is 0 Å². The lowest BCUT2D eigenvalue weighted by atomic mass is 9.98. The van der Waals surface area contributed by atoms with Gasteiger partial charge < -0.3 is 10.1 Å². The molecule has 0 atom stereocenters. The summed E-state index contributed by atoms with van der Waals surface area (Å²) >= 11 is 9.49. The van der Waals surface area contributed by atoms with E-state index in [2.05, 4.69) is 57.4 Å². The summed E-state index contributed by atoms with van der Waals surface area (Å²) < 4.78 is 6.37. The lowest BCUT2D eigenvalue weighted by Gasteiger charge is -2.14. The number of benzene rings is 3. The summed E-state index contributed by atoms with van der Waals surface area (Å²) in [6.07, 6.45) is -0.483. The Hall–Kier alpha value is -2.74. The Balaban J connectivity index is 1.35. The number of fused-ring (bicyclic) bond motifs is 3. The first kappa shape index (κ1) is 19.6. The molecule has 0 aliphatic heterocycles. The molecular formula is C24H17BrClNO2. The number of nitrogens with one attached hydrogen (secondary N) is 1. The number of carbonyl (C=O) groups is 1. The maximum Gasteiger partial charge on any atom is 0.407 e. The number of hydrogen-bond donors (Lipinski definition) is 1. The molecule has 0 saturated carbocycles. The summed E-state index contributed by atoms with van der Waals surface area (Å²) in [7, 11) is 0. The second-order valence-corrected chi connectivity index (χ2v) is 7.93. The van der Waals surface area contributed by atoms with E-state index in [1.807, 2.05) is 36.4 Å². The van der Waals surface area contributed by atoms with Gasteiger partial charge in [0.2, 0.25) is 0 Å². The zero-order valence-corrected chi connectivity index (χ0v) is 17.8. The third kappa shape index (κ3) is 4.32. The van der Waals surface area contributed by atoms with Crippen molar-refractivity contribution < 1.29 is 9.53 Å². The van der Waals surface area contributed by atoms with Gasteiger partial charge in [0.1, 0.15) is 6.61 Å². The van der Waals surface area contributed by atoms with Crippen molar-refractivity contribution in [3.63, 3.8) is 0 Å². The predicted octanol–water partition coefficient (Wildman–Crippen LogP) is 5.99. The van der Waals surface area contributed by atoms with E-state index in [0.717, 1.165) is 4.47 Å². The molecule has 0 bridgehead atoms. The first-order chi connectivity index (χ1) is 14.1. The molecule has 0 heterocycles. The van der Waals surface area contributed by atoms with Crippen LogP contribution in [0.4, 0.5) is 4.79 Å². The van der Waals surface area contributed by atoms with Crippen LogP contribution in [0.2, 0.25) is 5.02 Å². The van der Waals surface area contributed by atoms with Gasteiger partial charge in [-0.2, -0.15) is 0 Å². The van der Waals surface area contributed by atoms with Gasteiger partial charge in [0.25, 0.3) is 0 Å². The van der Waals surface area contributed by atoms with Gasteiger partial charge in [0, 0.05) is 16.0 Å². The van der Waals surface area contributed by atoms with Crippen LogP contribution in [0, 0.1) is 11.8 Å². The van der Waals surface area contributed by atoms with Crippen molar-refractivity contribution in [3.05, 3.63) is 92.9 Å². The van der Waals surface area contributed by atoms with Crippen molar-refractivity contribution >= 4 is 33.6 Å². The highest BCUT2D eigenvalue weighted by Crippen LogP contribution is 2.44. The van der Waals surface area contributed by atoms with Crippen molar-refractivity contribution in [2.45, 2.75) is 5.92 Å². The fraction of sp³-hybridized carbons (Fsp3) is 0.125. The summed E-state index contributed by atoms with van der Waals surface area (Å²) in [5, 5.41) is 3.23. The molecule has 0 spiro atoms. The van der Waals surface area contributed by atoms with Crippen LogP contribution in [-0.2, 0) is 4.74 Å². The van der Waals surface area contributed by atoms with Gasteiger partial charge in [-0.25, -0.2) is 4.79 Å². The molecule has 0 fully saturated rings. The zero-order chi connectivity index (χ0) is 20.2. The monoisotopic (exact) mass is 465 g/mol. The van der Waals surface area contributed by atoms with E-state index in [0.29, 0.717) is 10.6 Å². The van der Waals surface area contributed by atoms with Gasteiger partial charge in [-0.3, -0.25) is 0 Å². The maximum absolute atomic E-state index is 12.1. The van der Waals surface area contributed by atoms with Gasteiger partial charge in [-0.05, 0) is 40.5 Å². The van der Waals surface area contributed by atoms with E-state index in [4.69, 9.17) is 16.3 Å². The molecule has 3 aromatic rings. The number of rotatable bonds is 3. The number of hydrogen-bond acceptors (Lipinski definition) is 2. The third-order valence-corrected chi connectivity index (χ3v) is 5.62. The van der Waals surface area contributed by atoms with Gasteiger partial charge in [-0.1, -0.05) is 87.9 Å². The SMILES string of the molecule is O=C(NCC#Cc1ccc(Br)cc1Cl)OCC1c2ccccc2-c2ccccc21. The van der Waals surface area contributed by atoms with Crippen LogP contribution in [0.25, 0.3) is 11.1 Å². The molecule has 1 amide bonds. The molecule has 1 N–H and O–H groups in total. The summed E-state index contributed by atoms with van der Waals surface area (Å²) in [6, 6.07) is 22.0. The van der Waals surface area contributed by atoms with Crippen LogP contribution in [0.3, 0.4) is 0 Å². The van der Waals surface area contributed by atoms with Gasteiger partial charge in [-0.15, -0.1) is 0 Å². The van der Waals surface area contributed by atoms with E-state index in [1.165, 1.54) is 22.3 Å². The number of ether oxygens (including phenoxy) is 1. The van der Waals surface area contributed by atoms with E-state index in [1.54, 1.807) is 6.07 Å². The second-order valence-electron chi connectivity index (χ2n) is 6.61. The van der Waals surface area contributed by atoms with E-state index in [-0.39, 0.29) is 19.1 Å². The number of halogens is 2. The molecule has 5 heteroatoms. The molecule has 1 aliphatic rings.